The van der Waals surface area contributed by atoms with E-state index in [0.717, 1.165) is 14.2 Å². The Morgan fingerprint density at radius 2 is 2.20 bits per heavy atom. The molecule has 0 fully saturated rings. The predicted molar refractivity (Wildman–Crippen MR) is 87.2 cm³/mol. The highest BCUT2D eigenvalue weighted by molar-refractivity contribution is 9.10. The highest BCUT2D eigenvalue weighted by Gasteiger charge is 2.06. The van der Waals surface area contributed by atoms with Crippen LogP contribution in [-0.2, 0) is 11.3 Å². The summed E-state index contributed by atoms with van der Waals surface area (Å²) in [5.41, 5.74) is 0. The Morgan fingerprint density at radius 1 is 1.40 bits per heavy atom. The van der Waals surface area contributed by atoms with Gasteiger partial charge in [0.25, 0.3) is 0 Å². The first kappa shape index (κ1) is 15.2. The molecule has 2 rings (SSSR count). The third kappa shape index (κ3) is 4.40. The van der Waals surface area contributed by atoms with Crippen LogP contribution in [0.1, 0.15) is 26.3 Å². The molecule has 1 amide bonds. The second kappa shape index (κ2) is 6.97. The molecule has 2 aromatic rings. The number of rotatable bonds is 5. The van der Waals surface area contributed by atoms with Gasteiger partial charge in [-0.1, -0.05) is 0 Å². The van der Waals surface area contributed by atoms with E-state index in [9.17, 15) is 9.59 Å². The van der Waals surface area contributed by atoms with Crippen LogP contribution in [-0.4, -0.2) is 11.7 Å². The van der Waals surface area contributed by atoms with Gasteiger partial charge >= 0.3 is 0 Å². The monoisotopic (exact) mass is 369 g/mol. The molecular formula is C14H12BrNO2S2. The zero-order valence-corrected chi connectivity index (χ0v) is 13.9. The second-order valence-electron chi connectivity index (χ2n) is 4.04. The predicted octanol–water partition coefficient (Wildman–Crippen LogP) is 4.10. The minimum absolute atomic E-state index is 0.0198. The van der Waals surface area contributed by atoms with E-state index in [1.54, 1.807) is 23.5 Å². The van der Waals surface area contributed by atoms with E-state index in [-0.39, 0.29) is 11.7 Å². The number of hydrogen-bond acceptors (Lipinski definition) is 4. The minimum atomic E-state index is -0.0746. The van der Waals surface area contributed by atoms with Gasteiger partial charge < -0.3 is 5.32 Å². The lowest BCUT2D eigenvalue weighted by molar-refractivity contribution is -0.119. The maximum Gasteiger partial charge on any atom is 0.217 e. The van der Waals surface area contributed by atoms with Crippen LogP contribution in [0, 0.1) is 0 Å². The first-order valence-corrected chi connectivity index (χ1v) is 8.33. The quantitative estimate of drug-likeness (QED) is 0.636. The molecule has 0 aliphatic rings. The van der Waals surface area contributed by atoms with Gasteiger partial charge in [0.2, 0.25) is 5.91 Å². The summed E-state index contributed by atoms with van der Waals surface area (Å²) in [4.78, 5) is 25.5. The third-order valence-electron chi connectivity index (χ3n) is 2.40. The van der Waals surface area contributed by atoms with E-state index in [2.05, 4.69) is 21.2 Å². The van der Waals surface area contributed by atoms with Crippen LogP contribution in [0.15, 0.2) is 34.1 Å². The van der Waals surface area contributed by atoms with Crippen molar-refractivity contribution in [3.05, 3.63) is 48.8 Å². The van der Waals surface area contributed by atoms with Crippen LogP contribution in [0.5, 0.6) is 0 Å². The number of nitrogens with one attached hydrogen (secondary N) is 1. The molecule has 2 aromatic heterocycles. The third-order valence-corrected chi connectivity index (χ3v) is 5.16. The highest BCUT2D eigenvalue weighted by Crippen LogP contribution is 2.22. The molecule has 1 N–H and O–H groups in total. The van der Waals surface area contributed by atoms with Crippen molar-refractivity contribution < 1.29 is 9.59 Å². The highest BCUT2D eigenvalue weighted by atomic mass is 79.9. The van der Waals surface area contributed by atoms with E-state index in [0.29, 0.717) is 11.4 Å². The van der Waals surface area contributed by atoms with Gasteiger partial charge in [0.1, 0.15) is 0 Å². The normalized spacial score (nSPS) is 10.9. The molecule has 6 heteroatoms. The molecule has 0 aliphatic heterocycles. The molecule has 0 saturated heterocycles. The summed E-state index contributed by atoms with van der Waals surface area (Å²) < 4.78 is 1.02. The fourth-order valence-electron chi connectivity index (χ4n) is 1.47. The molecule has 0 saturated carbocycles. The van der Waals surface area contributed by atoms with Gasteiger partial charge in [-0.15, -0.1) is 22.7 Å². The molecule has 0 atom stereocenters. The van der Waals surface area contributed by atoms with E-state index in [4.69, 9.17) is 0 Å². The number of carbonyl (C=O) groups is 2. The number of amides is 1. The standard InChI is InChI=1S/C14H12BrNO2S2/c1-9(17)16-7-12-3-5-14(20-12)13(18)4-2-11-6-10(15)8-19-11/h2-6,8H,7H2,1H3,(H,16,17)/b4-2+. The van der Waals surface area contributed by atoms with Crippen LogP contribution in [0.4, 0.5) is 0 Å². The van der Waals surface area contributed by atoms with Crippen molar-refractivity contribution in [3.8, 4) is 0 Å². The van der Waals surface area contributed by atoms with E-state index in [1.165, 1.54) is 18.3 Å². The van der Waals surface area contributed by atoms with Crippen molar-refractivity contribution in [3.63, 3.8) is 0 Å². The van der Waals surface area contributed by atoms with Gasteiger partial charge in [-0.05, 0) is 46.3 Å². The van der Waals surface area contributed by atoms with E-state index in [1.807, 2.05) is 23.6 Å². The van der Waals surface area contributed by atoms with E-state index >= 15 is 0 Å². The van der Waals surface area contributed by atoms with Crippen LogP contribution < -0.4 is 5.32 Å². The Labute approximate surface area is 133 Å². The summed E-state index contributed by atoms with van der Waals surface area (Å²) in [5, 5.41) is 4.69. The van der Waals surface area contributed by atoms with Crippen molar-refractivity contribution >= 4 is 56.4 Å². The molecule has 104 valence electrons. The van der Waals surface area contributed by atoms with Gasteiger partial charge in [0.15, 0.2) is 5.78 Å². The smallest absolute Gasteiger partial charge is 0.217 e. The zero-order valence-electron chi connectivity index (χ0n) is 10.7. The zero-order chi connectivity index (χ0) is 14.5. The largest absolute Gasteiger partial charge is 0.351 e. The molecular weight excluding hydrogens is 358 g/mol. The lowest BCUT2D eigenvalue weighted by Crippen LogP contribution is -2.18. The number of carbonyl (C=O) groups excluding carboxylic acids is 2. The Morgan fingerprint density at radius 3 is 2.85 bits per heavy atom. The van der Waals surface area contributed by atoms with Crippen LogP contribution in [0.25, 0.3) is 6.08 Å². The molecule has 0 bridgehead atoms. The summed E-state index contributed by atoms with van der Waals surface area (Å²) >= 11 is 6.35. The van der Waals surface area contributed by atoms with Gasteiger partial charge in [-0.25, -0.2) is 0 Å². The molecule has 0 unspecified atom stereocenters. The summed E-state index contributed by atoms with van der Waals surface area (Å²) in [5.74, 6) is -0.0944. The summed E-state index contributed by atoms with van der Waals surface area (Å²) in [6, 6.07) is 5.62. The van der Waals surface area contributed by atoms with E-state index < -0.39 is 0 Å². The van der Waals surface area contributed by atoms with Crippen LogP contribution in [0.3, 0.4) is 0 Å². The number of thiophene rings is 2. The Bertz CT molecular complexity index is 658. The molecule has 0 radical (unpaired) electrons. The summed E-state index contributed by atoms with van der Waals surface area (Å²) in [7, 11) is 0. The number of ketones is 1. The molecule has 2 heterocycles. The average molecular weight is 370 g/mol. The van der Waals surface area contributed by atoms with Crippen molar-refractivity contribution in [2.75, 3.05) is 0 Å². The summed E-state index contributed by atoms with van der Waals surface area (Å²) in [6.07, 6.45) is 3.39. The van der Waals surface area contributed by atoms with Crippen LogP contribution in [0.2, 0.25) is 0 Å². The van der Waals surface area contributed by atoms with Crippen molar-refractivity contribution in [2.45, 2.75) is 13.5 Å². The maximum absolute atomic E-state index is 12.0. The number of halogens is 1. The minimum Gasteiger partial charge on any atom is -0.351 e. The molecule has 0 aliphatic carbocycles. The van der Waals surface area contributed by atoms with Crippen molar-refractivity contribution in [2.24, 2.45) is 0 Å². The van der Waals surface area contributed by atoms with Gasteiger partial charge in [-0.3, -0.25) is 9.59 Å². The molecule has 0 aromatic carbocycles. The topological polar surface area (TPSA) is 46.2 Å². The molecule has 20 heavy (non-hydrogen) atoms. The first-order valence-electron chi connectivity index (χ1n) is 5.84. The van der Waals surface area contributed by atoms with Crippen molar-refractivity contribution in [1.29, 1.82) is 0 Å². The lowest BCUT2D eigenvalue weighted by atomic mass is 10.3. The fraction of sp³-hybridized carbons (Fsp3) is 0.143. The SMILES string of the molecule is CC(=O)NCc1ccc(C(=O)/C=C/c2cc(Br)cs2)s1. The van der Waals surface area contributed by atoms with Gasteiger partial charge in [-0.2, -0.15) is 0 Å². The average Bonchev–Trinajstić information content (AvgIpc) is 3.02. The Balaban J connectivity index is 1.99. The number of allylic oxidation sites excluding steroid dienone is 1. The van der Waals surface area contributed by atoms with Gasteiger partial charge in [0, 0.05) is 26.5 Å². The van der Waals surface area contributed by atoms with Crippen molar-refractivity contribution in [1.82, 2.24) is 5.32 Å². The molecule has 3 nitrogen and oxygen atoms in total. The molecule has 0 spiro atoms. The number of hydrogen-bond donors (Lipinski definition) is 1. The Hall–Kier alpha value is -1.24. The van der Waals surface area contributed by atoms with Gasteiger partial charge in [0.05, 0.1) is 11.4 Å². The second-order valence-corrected chi connectivity index (χ2v) is 7.07. The summed E-state index contributed by atoms with van der Waals surface area (Å²) in [6.45, 7) is 1.94. The Kier molecular flexibility index (Phi) is 5.28. The lowest BCUT2D eigenvalue weighted by Gasteiger charge is -1.96. The fourth-order valence-corrected chi connectivity index (χ4v) is 3.68. The maximum atomic E-state index is 12.0. The van der Waals surface area contributed by atoms with Crippen LogP contribution >= 0.6 is 38.6 Å². The first-order chi connectivity index (χ1) is 9.54.